The van der Waals surface area contributed by atoms with Crippen LogP contribution >= 0.6 is 11.8 Å². The Balaban J connectivity index is 2.34. The van der Waals surface area contributed by atoms with Gasteiger partial charge >= 0.3 is 5.97 Å². The van der Waals surface area contributed by atoms with Gasteiger partial charge in [0, 0.05) is 16.8 Å². The molecule has 1 aromatic rings. The van der Waals surface area contributed by atoms with Crippen LogP contribution in [0.15, 0.2) is 41.4 Å². The molecule has 1 aromatic carbocycles. The van der Waals surface area contributed by atoms with E-state index >= 15 is 0 Å². The van der Waals surface area contributed by atoms with Crippen molar-refractivity contribution in [1.29, 1.82) is 0 Å². The number of hydrogen-bond donors (Lipinski definition) is 1. The first-order valence-electron chi connectivity index (χ1n) is 4.64. The van der Waals surface area contributed by atoms with Crippen molar-refractivity contribution in [2.24, 2.45) is 0 Å². The third-order valence-electron chi connectivity index (χ3n) is 2.10. The predicted molar refractivity (Wildman–Crippen MR) is 61.3 cm³/mol. The number of thioether (sulfide) groups is 1. The van der Waals surface area contributed by atoms with Gasteiger partial charge in [-0.1, -0.05) is 18.2 Å². The van der Waals surface area contributed by atoms with E-state index in [4.69, 9.17) is 5.11 Å². The average Bonchev–Trinajstić information content (AvgIpc) is 2.41. The van der Waals surface area contributed by atoms with E-state index in [1.54, 1.807) is 16.7 Å². The van der Waals surface area contributed by atoms with Crippen molar-refractivity contribution in [3.05, 3.63) is 36.5 Å². The van der Waals surface area contributed by atoms with Crippen molar-refractivity contribution >= 4 is 23.4 Å². The van der Waals surface area contributed by atoms with E-state index in [9.17, 15) is 4.79 Å². The molecule has 0 spiro atoms. The summed E-state index contributed by atoms with van der Waals surface area (Å²) in [5.41, 5.74) is 0.971. The SMILES string of the molecule is O=C(O)CN1C=CCSc2ccccc21. The Bertz CT molecular complexity index is 403. The molecule has 0 aromatic heterocycles. The number of para-hydroxylation sites is 1. The molecule has 1 heterocycles. The van der Waals surface area contributed by atoms with Crippen molar-refractivity contribution < 1.29 is 9.90 Å². The smallest absolute Gasteiger partial charge is 0.323 e. The second-order valence-electron chi connectivity index (χ2n) is 3.19. The number of carbonyl (C=O) groups is 1. The van der Waals surface area contributed by atoms with Crippen LogP contribution in [0.2, 0.25) is 0 Å². The number of nitrogens with zero attached hydrogens (tertiary/aromatic N) is 1. The summed E-state index contributed by atoms with van der Waals surface area (Å²) in [4.78, 5) is 13.6. The molecule has 0 bridgehead atoms. The molecule has 1 aliphatic heterocycles. The zero-order valence-corrected chi connectivity index (χ0v) is 8.91. The lowest BCUT2D eigenvalue weighted by molar-refractivity contribution is -0.135. The Hall–Kier alpha value is -1.42. The molecule has 15 heavy (non-hydrogen) atoms. The normalized spacial score (nSPS) is 14.5. The highest BCUT2D eigenvalue weighted by Crippen LogP contribution is 2.32. The zero-order chi connectivity index (χ0) is 10.7. The van der Waals surface area contributed by atoms with Gasteiger partial charge in [-0.25, -0.2) is 0 Å². The maximum absolute atomic E-state index is 10.7. The maximum Gasteiger partial charge on any atom is 0.323 e. The first-order chi connectivity index (χ1) is 7.27. The summed E-state index contributed by atoms with van der Waals surface area (Å²) in [6, 6.07) is 7.85. The Labute approximate surface area is 92.4 Å². The monoisotopic (exact) mass is 221 g/mol. The molecular weight excluding hydrogens is 210 g/mol. The molecule has 0 saturated carbocycles. The molecular formula is C11H11NO2S. The highest BCUT2D eigenvalue weighted by molar-refractivity contribution is 7.99. The Kier molecular flexibility index (Phi) is 2.97. The van der Waals surface area contributed by atoms with Gasteiger partial charge < -0.3 is 10.0 Å². The highest BCUT2D eigenvalue weighted by Gasteiger charge is 2.13. The number of rotatable bonds is 2. The quantitative estimate of drug-likeness (QED) is 0.831. The summed E-state index contributed by atoms with van der Waals surface area (Å²) >= 11 is 1.72. The molecule has 0 unspecified atom stereocenters. The van der Waals surface area contributed by atoms with Crippen LogP contribution in [0, 0.1) is 0 Å². The van der Waals surface area contributed by atoms with Crippen LogP contribution in [0.5, 0.6) is 0 Å². The maximum atomic E-state index is 10.7. The predicted octanol–water partition coefficient (Wildman–Crippen LogP) is 2.20. The molecule has 0 saturated heterocycles. The van der Waals surface area contributed by atoms with Crippen molar-refractivity contribution in [1.82, 2.24) is 0 Å². The van der Waals surface area contributed by atoms with Crippen molar-refractivity contribution in [2.75, 3.05) is 17.2 Å². The molecule has 4 heteroatoms. The number of hydrogen-bond acceptors (Lipinski definition) is 3. The minimum absolute atomic E-state index is 0.00801. The second-order valence-corrected chi connectivity index (χ2v) is 4.25. The molecule has 78 valence electrons. The van der Waals surface area contributed by atoms with Gasteiger partial charge in [-0.2, -0.15) is 0 Å². The molecule has 0 atom stereocenters. The van der Waals surface area contributed by atoms with Gasteiger partial charge in [-0.05, 0) is 12.1 Å². The summed E-state index contributed by atoms with van der Waals surface area (Å²) < 4.78 is 0. The van der Waals surface area contributed by atoms with E-state index < -0.39 is 5.97 Å². The van der Waals surface area contributed by atoms with Gasteiger partial charge in [0.15, 0.2) is 0 Å². The van der Waals surface area contributed by atoms with Crippen LogP contribution in [-0.2, 0) is 4.79 Å². The van der Waals surface area contributed by atoms with E-state index in [0.29, 0.717) is 0 Å². The number of carboxylic acids is 1. The highest BCUT2D eigenvalue weighted by atomic mass is 32.2. The third kappa shape index (κ3) is 2.33. The van der Waals surface area contributed by atoms with Gasteiger partial charge in [0.1, 0.15) is 6.54 Å². The summed E-state index contributed by atoms with van der Waals surface area (Å²) in [5, 5.41) is 8.80. The van der Waals surface area contributed by atoms with Gasteiger partial charge in [-0.3, -0.25) is 4.79 Å². The molecule has 1 N–H and O–H groups in total. The first kappa shape index (κ1) is 10.1. The Morgan fingerprint density at radius 3 is 3.07 bits per heavy atom. The summed E-state index contributed by atoms with van der Waals surface area (Å²) in [6.45, 7) is 0.00801. The molecule has 0 aliphatic carbocycles. The van der Waals surface area contributed by atoms with Crippen LogP contribution < -0.4 is 4.90 Å². The summed E-state index contributed by atoms with van der Waals surface area (Å²) in [6.07, 6.45) is 3.82. The fraction of sp³-hybridized carbons (Fsp3) is 0.182. The lowest BCUT2D eigenvalue weighted by Gasteiger charge is -2.19. The summed E-state index contributed by atoms with van der Waals surface area (Å²) in [7, 11) is 0. The Morgan fingerprint density at radius 1 is 1.47 bits per heavy atom. The first-order valence-corrected chi connectivity index (χ1v) is 5.63. The van der Waals surface area contributed by atoms with E-state index in [1.807, 2.05) is 36.5 Å². The van der Waals surface area contributed by atoms with Crippen LogP contribution in [-0.4, -0.2) is 23.4 Å². The number of aliphatic carboxylic acids is 1. The standard InChI is InChI=1S/C11H11NO2S/c13-11(14)8-12-6-3-7-15-10-5-2-1-4-9(10)12/h1-6H,7-8H2,(H,13,14). The minimum atomic E-state index is -0.818. The van der Waals surface area contributed by atoms with Gasteiger partial charge in [0.25, 0.3) is 0 Å². The number of carboxylic acid groups (broad SMARTS) is 1. The number of fused-ring (bicyclic) bond motifs is 1. The fourth-order valence-electron chi connectivity index (χ4n) is 1.49. The molecule has 0 radical (unpaired) electrons. The summed E-state index contributed by atoms with van der Waals surface area (Å²) in [5.74, 6) is 0.0639. The number of anilines is 1. The second kappa shape index (κ2) is 4.40. The van der Waals surface area contributed by atoms with Crippen molar-refractivity contribution in [3.8, 4) is 0 Å². The molecule has 2 rings (SSSR count). The van der Waals surface area contributed by atoms with Crippen LogP contribution in [0.4, 0.5) is 5.69 Å². The van der Waals surface area contributed by atoms with Crippen LogP contribution in [0.1, 0.15) is 0 Å². The molecule has 1 aliphatic rings. The van der Waals surface area contributed by atoms with Gasteiger partial charge in [0.2, 0.25) is 0 Å². The average molecular weight is 221 g/mol. The minimum Gasteiger partial charge on any atom is -0.480 e. The molecule has 3 nitrogen and oxygen atoms in total. The lowest BCUT2D eigenvalue weighted by Crippen LogP contribution is -2.24. The molecule has 0 amide bonds. The van der Waals surface area contributed by atoms with Gasteiger partial charge in [-0.15, -0.1) is 11.8 Å². The molecule has 0 fully saturated rings. The van der Waals surface area contributed by atoms with Crippen molar-refractivity contribution in [3.63, 3.8) is 0 Å². The van der Waals surface area contributed by atoms with Crippen LogP contribution in [0.3, 0.4) is 0 Å². The Morgan fingerprint density at radius 2 is 2.27 bits per heavy atom. The zero-order valence-electron chi connectivity index (χ0n) is 8.09. The largest absolute Gasteiger partial charge is 0.480 e. The van der Waals surface area contributed by atoms with E-state index in [0.717, 1.165) is 16.3 Å². The van der Waals surface area contributed by atoms with E-state index in [-0.39, 0.29) is 6.54 Å². The third-order valence-corrected chi connectivity index (χ3v) is 3.12. The topological polar surface area (TPSA) is 40.5 Å². The number of benzene rings is 1. The fourth-order valence-corrected chi connectivity index (χ4v) is 2.36. The van der Waals surface area contributed by atoms with Crippen molar-refractivity contribution in [2.45, 2.75) is 4.90 Å². The van der Waals surface area contributed by atoms with Gasteiger partial charge in [0.05, 0.1) is 5.69 Å². The van der Waals surface area contributed by atoms with E-state index in [2.05, 4.69) is 0 Å². The van der Waals surface area contributed by atoms with E-state index in [1.165, 1.54) is 0 Å². The lowest BCUT2D eigenvalue weighted by atomic mass is 10.3. The van der Waals surface area contributed by atoms with Crippen LogP contribution in [0.25, 0.3) is 0 Å².